The Balaban J connectivity index is 1.78. The fraction of sp³-hybridized carbons (Fsp3) is 0.188. The predicted octanol–water partition coefficient (Wildman–Crippen LogP) is 3.76. The van der Waals surface area contributed by atoms with Crippen LogP contribution in [0, 0.1) is 0 Å². The molecule has 0 unspecified atom stereocenters. The number of halogens is 1. The molecule has 0 fully saturated rings. The van der Waals surface area contributed by atoms with E-state index in [0.717, 1.165) is 16.2 Å². The third-order valence-corrected chi connectivity index (χ3v) is 4.07. The number of rotatable bonds is 6. The fourth-order valence-electron chi connectivity index (χ4n) is 1.71. The minimum absolute atomic E-state index is 0.00206. The topological polar surface area (TPSA) is 38.3 Å². The molecule has 0 heterocycles. The second-order valence-corrected chi connectivity index (χ2v) is 5.86. The van der Waals surface area contributed by atoms with Gasteiger partial charge in [-0.05, 0) is 42.0 Å². The Morgan fingerprint density at radius 2 is 2.00 bits per heavy atom. The van der Waals surface area contributed by atoms with Crippen molar-refractivity contribution in [2.24, 2.45) is 0 Å². The summed E-state index contributed by atoms with van der Waals surface area (Å²) in [6, 6.07) is 15.1. The molecule has 1 amide bonds. The molecule has 0 spiro atoms. The number of benzene rings is 2. The van der Waals surface area contributed by atoms with Crippen molar-refractivity contribution < 1.29 is 9.53 Å². The second kappa shape index (κ2) is 7.96. The molecular formula is C16H16ClNO2S. The summed E-state index contributed by atoms with van der Waals surface area (Å²) >= 11 is 7.30. The normalized spacial score (nSPS) is 10.2. The minimum Gasteiger partial charge on any atom is -0.497 e. The predicted molar refractivity (Wildman–Crippen MR) is 87.0 cm³/mol. The molecule has 1 N–H and O–H groups in total. The fourth-order valence-corrected chi connectivity index (χ4v) is 2.57. The van der Waals surface area contributed by atoms with Gasteiger partial charge in [-0.3, -0.25) is 4.79 Å². The van der Waals surface area contributed by atoms with Crippen LogP contribution in [0.2, 0.25) is 5.02 Å². The van der Waals surface area contributed by atoms with E-state index < -0.39 is 0 Å². The first-order valence-electron chi connectivity index (χ1n) is 6.45. The summed E-state index contributed by atoms with van der Waals surface area (Å²) in [4.78, 5) is 12.8. The van der Waals surface area contributed by atoms with E-state index in [1.807, 2.05) is 48.5 Å². The van der Waals surface area contributed by atoms with Gasteiger partial charge in [0.05, 0.1) is 12.9 Å². The number of thioether (sulfide) groups is 1. The van der Waals surface area contributed by atoms with Gasteiger partial charge in [0.1, 0.15) is 5.75 Å². The molecule has 0 aliphatic rings. The molecule has 0 aromatic heterocycles. The smallest absolute Gasteiger partial charge is 0.230 e. The highest BCUT2D eigenvalue weighted by Gasteiger charge is 2.03. The van der Waals surface area contributed by atoms with Gasteiger partial charge in [0, 0.05) is 16.5 Å². The van der Waals surface area contributed by atoms with Crippen molar-refractivity contribution in [2.75, 3.05) is 12.9 Å². The van der Waals surface area contributed by atoms with E-state index in [0.29, 0.717) is 17.3 Å². The average Bonchev–Trinajstić information content (AvgIpc) is 2.52. The van der Waals surface area contributed by atoms with Crippen molar-refractivity contribution in [3.8, 4) is 5.75 Å². The van der Waals surface area contributed by atoms with Crippen LogP contribution in [0.1, 0.15) is 5.56 Å². The van der Waals surface area contributed by atoms with Crippen molar-refractivity contribution >= 4 is 29.3 Å². The van der Waals surface area contributed by atoms with Gasteiger partial charge in [-0.2, -0.15) is 0 Å². The highest BCUT2D eigenvalue weighted by Crippen LogP contribution is 2.20. The molecule has 0 bridgehead atoms. The molecule has 0 saturated carbocycles. The maximum Gasteiger partial charge on any atom is 0.230 e. The first-order chi connectivity index (χ1) is 10.2. The number of carbonyl (C=O) groups is 1. The first-order valence-corrected chi connectivity index (χ1v) is 7.82. The number of hydrogen-bond donors (Lipinski definition) is 1. The van der Waals surface area contributed by atoms with Gasteiger partial charge < -0.3 is 10.1 Å². The highest BCUT2D eigenvalue weighted by atomic mass is 35.5. The summed E-state index contributed by atoms with van der Waals surface area (Å²) in [7, 11) is 1.63. The van der Waals surface area contributed by atoms with Crippen molar-refractivity contribution in [2.45, 2.75) is 11.4 Å². The maximum absolute atomic E-state index is 11.8. The zero-order chi connectivity index (χ0) is 15.1. The standard InChI is InChI=1S/C16H16ClNO2S/c1-20-14-4-2-3-12(9-14)10-18-16(19)11-21-15-7-5-13(17)6-8-15/h2-9H,10-11H2,1H3,(H,18,19). The number of hydrogen-bond acceptors (Lipinski definition) is 3. The van der Waals surface area contributed by atoms with Gasteiger partial charge in [-0.15, -0.1) is 11.8 Å². The van der Waals surface area contributed by atoms with E-state index in [4.69, 9.17) is 16.3 Å². The van der Waals surface area contributed by atoms with Crippen molar-refractivity contribution in [3.63, 3.8) is 0 Å². The summed E-state index contributed by atoms with van der Waals surface area (Å²) in [6.07, 6.45) is 0. The van der Waals surface area contributed by atoms with Crippen LogP contribution in [-0.4, -0.2) is 18.8 Å². The first kappa shape index (κ1) is 15.7. The lowest BCUT2D eigenvalue weighted by Crippen LogP contribution is -2.24. The zero-order valence-electron chi connectivity index (χ0n) is 11.6. The van der Waals surface area contributed by atoms with Gasteiger partial charge in [0.2, 0.25) is 5.91 Å². The van der Waals surface area contributed by atoms with Crippen LogP contribution in [0.15, 0.2) is 53.4 Å². The largest absolute Gasteiger partial charge is 0.497 e. The molecule has 21 heavy (non-hydrogen) atoms. The van der Waals surface area contributed by atoms with E-state index in [-0.39, 0.29) is 5.91 Å². The SMILES string of the molecule is COc1cccc(CNC(=O)CSc2ccc(Cl)cc2)c1. The van der Waals surface area contributed by atoms with Crippen molar-refractivity contribution in [1.29, 1.82) is 0 Å². The number of nitrogens with one attached hydrogen (secondary N) is 1. The van der Waals surface area contributed by atoms with E-state index in [1.165, 1.54) is 11.8 Å². The molecule has 2 rings (SSSR count). The van der Waals surface area contributed by atoms with Crippen LogP contribution in [0.25, 0.3) is 0 Å². The molecule has 0 aliphatic carbocycles. The Labute approximate surface area is 133 Å². The van der Waals surface area contributed by atoms with Crippen LogP contribution in [0.5, 0.6) is 5.75 Å². The van der Waals surface area contributed by atoms with Crippen LogP contribution in [0.4, 0.5) is 0 Å². The summed E-state index contributed by atoms with van der Waals surface area (Å²) < 4.78 is 5.15. The number of ether oxygens (including phenoxy) is 1. The Hall–Kier alpha value is -1.65. The summed E-state index contributed by atoms with van der Waals surface area (Å²) in [5.41, 5.74) is 1.01. The molecule has 0 saturated heterocycles. The summed E-state index contributed by atoms with van der Waals surface area (Å²) in [5.74, 6) is 1.17. The molecule has 2 aromatic rings. The Morgan fingerprint density at radius 1 is 1.24 bits per heavy atom. The number of amides is 1. The zero-order valence-corrected chi connectivity index (χ0v) is 13.2. The molecule has 110 valence electrons. The molecular weight excluding hydrogens is 306 g/mol. The van der Waals surface area contributed by atoms with Crippen LogP contribution in [-0.2, 0) is 11.3 Å². The highest BCUT2D eigenvalue weighted by molar-refractivity contribution is 8.00. The van der Waals surface area contributed by atoms with E-state index in [9.17, 15) is 4.79 Å². The Morgan fingerprint density at radius 3 is 2.71 bits per heavy atom. The van der Waals surface area contributed by atoms with E-state index >= 15 is 0 Å². The third-order valence-electron chi connectivity index (χ3n) is 2.81. The van der Waals surface area contributed by atoms with Crippen LogP contribution in [0.3, 0.4) is 0 Å². The summed E-state index contributed by atoms with van der Waals surface area (Å²) in [5, 5.41) is 3.59. The molecule has 0 radical (unpaired) electrons. The van der Waals surface area contributed by atoms with Gasteiger partial charge in [-0.25, -0.2) is 0 Å². The Kier molecular flexibility index (Phi) is 5.96. The maximum atomic E-state index is 11.8. The summed E-state index contributed by atoms with van der Waals surface area (Å²) in [6.45, 7) is 0.497. The molecule has 2 aromatic carbocycles. The molecule has 0 atom stereocenters. The lowest BCUT2D eigenvalue weighted by molar-refractivity contribution is -0.118. The molecule has 0 aliphatic heterocycles. The monoisotopic (exact) mass is 321 g/mol. The van der Waals surface area contributed by atoms with Gasteiger partial charge in [0.25, 0.3) is 0 Å². The third kappa shape index (κ3) is 5.33. The van der Waals surface area contributed by atoms with E-state index in [2.05, 4.69) is 5.32 Å². The lowest BCUT2D eigenvalue weighted by Gasteiger charge is -2.07. The quantitative estimate of drug-likeness (QED) is 0.823. The van der Waals surface area contributed by atoms with Gasteiger partial charge in [0.15, 0.2) is 0 Å². The minimum atomic E-state index is -0.00206. The van der Waals surface area contributed by atoms with Crippen molar-refractivity contribution in [1.82, 2.24) is 5.32 Å². The number of methoxy groups -OCH3 is 1. The van der Waals surface area contributed by atoms with E-state index in [1.54, 1.807) is 7.11 Å². The molecule has 3 nitrogen and oxygen atoms in total. The average molecular weight is 322 g/mol. The van der Waals surface area contributed by atoms with Gasteiger partial charge in [-0.1, -0.05) is 23.7 Å². The number of carbonyl (C=O) groups excluding carboxylic acids is 1. The second-order valence-electron chi connectivity index (χ2n) is 4.37. The van der Waals surface area contributed by atoms with Gasteiger partial charge >= 0.3 is 0 Å². The van der Waals surface area contributed by atoms with Crippen LogP contribution < -0.4 is 10.1 Å². The Bertz CT molecular complexity index is 601. The van der Waals surface area contributed by atoms with Crippen molar-refractivity contribution in [3.05, 3.63) is 59.1 Å². The lowest BCUT2D eigenvalue weighted by atomic mass is 10.2. The van der Waals surface area contributed by atoms with Crippen LogP contribution >= 0.6 is 23.4 Å². The molecule has 5 heteroatoms.